The Balaban J connectivity index is 2.26. The molecule has 0 aromatic carbocycles. The van der Waals surface area contributed by atoms with Gasteiger partial charge in [-0.05, 0) is 70.6 Å². The summed E-state index contributed by atoms with van der Waals surface area (Å²) in [5.74, 6) is -0.314. The van der Waals surface area contributed by atoms with Crippen molar-refractivity contribution in [1.29, 1.82) is 0 Å². The number of hydrogen-bond acceptors (Lipinski definition) is 10. The normalized spacial score (nSPS) is 19.9. The van der Waals surface area contributed by atoms with Gasteiger partial charge in [-0.15, -0.1) is 0 Å². The molecular formula is C56H101NO10. The van der Waals surface area contributed by atoms with Gasteiger partial charge in [0.1, 0.15) is 24.4 Å². The number of aliphatic hydroxyl groups excluding tert-OH is 5. The van der Waals surface area contributed by atoms with Crippen LogP contribution in [0.5, 0.6) is 0 Å². The monoisotopic (exact) mass is 948 g/mol. The molecule has 1 heterocycles. The molecular weight excluding hydrogens is 847 g/mol. The standard InChI is InChI=1S/C56H101NO10/c1-3-5-7-9-11-13-15-16-17-19-23-26-30-34-38-42-49(59)48(47-66-56-55(64)54(63)53(62)50(46-58)67-56)57-51(60)43-39-35-31-27-24-20-18-21-25-29-33-37-41-45-65-52(61)44-40-36-32-28-22-14-12-10-8-6-4-2/h10,12,20,24,31,35,38,42,48-50,53-56,58-59,62-64H,3-9,11,13-19,21-23,25-30,32-34,36-37,39-41,43-47H2,1-2H3,(H,57,60)/b12-10-,24-20-,35-31-,42-38+. The fourth-order valence-corrected chi connectivity index (χ4v) is 8.23. The largest absolute Gasteiger partial charge is 0.466 e. The average molecular weight is 948 g/mol. The molecule has 1 amide bonds. The highest BCUT2D eigenvalue weighted by Crippen LogP contribution is 2.23. The molecule has 0 spiro atoms. The lowest BCUT2D eigenvalue weighted by atomic mass is 9.99. The van der Waals surface area contributed by atoms with E-state index in [0.717, 1.165) is 70.6 Å². The van der Waals surface area contributed by atoms with Crippen LogP contribution in [0.4, 0.5) is 0 Å². The first-order valence-electron chi connectivity index (χ1n) is 27.4. The van der Waals surface area contributed by atoms with Crippen LogP contribution in [0.2, 0.25) is 0 Å². The summed E-state index contributed by atoms with van der Waals surface area (Å²) in [4.78, 5) is 25.0. The third-order valence-electron chi connectivity index (χ3n) is 12.7. The molecule has 0 saturated carbocycles. The highest BCUT2D eigenvalue weighted by atomic mass is 16.7. The predicted octanol–water partition coefficient (Wildman–Crippen LogP) is 11.7. The molecule has 7 unspecified atom stereocenters. The van der Waals surface area contributed by atoms with Crippen molar-refractivity contribution >= 4 is 11.9 Å². The van der Waals surface area contributed by atoms with E-state index in [1.807, 2.05) is 18.2 Å². The Labute approximate surface area is 408 Å². The number of aliphatic hydroxyl groups is 5. The van der Waals surface area contributed by atoms with Crippen LogP contribution in [0.25, 0.3) is 0 Å². The Morgan fingerprint density at radius 3 is 1.60 bits per heavy atom. The Morgan fingerprint density at radius 2 is 1.03 bits per heavy atom. The topological polar surface area (TPSA) is 175 Å². The molecule has 0 bridgehead atoms. The van der Waals surface area contributed by atoms with E-state index in [2.05, 4.69) is 43.5 Å². The van der Waals surface area contributed by atoms with Gasteiger partial charge in [0.05, 0.1) is 32.0 Å². The van der Waals surface area contributed by atoms with Crippen LogP contribution >= 0.6 is 0 Å². The summed E-state index contributed by atoms with van der Waals surface area (Å²) in [5.41, 5.74) is 0. The lowest BCUT2D eigenvalue weighted by Crippen LogP contribution is -2.60. The molecule has 7 atom stereocenters. The van der Waals surface area contributed by atoms with Crippen molar-refractivity contribution in [3.8, 4) is 0 Å². The van der Waals surface area contributed by atoms with Gasteiger partial charge in [0.2, 0.25) is 5.91 Å². The van der Waals surface area contributed by atoms with Crippen LogP contribution in [0.1, 0.15) is 232 Å². The maximum Gasteiger partial charge on any atom is 0.305 e. The van der Waals surface area contributed by atoms with Gasteiger partial charge in [-0.2, -0.15) is 0 Å². The Kier molecular flexibility index (Phi) is 43.0. The second-order valence-electron chi connectivity index (χ2n) is 18.9. The maximum atomic E-state index is 13.0. The van der Waals surface area contributed by atoms with Crippen molar-refractivity contribution in [3.05, 3.63) is 48.6 Å². The van der Waals surface area contributed by atoms with E-state index < -0.39 is 49.5 Å². The lowest BCUT2D eigenvalue weighted by molar-refractivity contribution is -0.302. The van der Waals surface area contributed by atoms with Gasteiger partial charge in [-0.25, -0.2) is 0 Å². The fourth-order valence-electron chi connectivity index (χ4n) is 8.23. The molecule has 0 aromatic heterocycles. The second-order valence-corrected chi connectivity index (χ2v) is 18.9. The Morgan fingerprint density at radius 1 is 0.552 bits per heavy atom. The van der Waals surface area contributed by atoms with Crippen molar-refractivity contribution in [2.45, 2.75) is 275 Å². The first-order valence-corrected chi connectivity index (χ1v) is 27.4. The molecule has 0 aromatic rings. The van der Waals surface area contributed by atoms with Crippen molar-refractivity contribution in [3.63, 3.8) is 0 Å². The molecule has 6 N–H and O–H groups in total. The van der Waals surface area contributed by atoms with Crippen molar-refractivity contribution in [2.75, 3.05) is 19.8 Å². The molecule has 1 rings (SSSR count). The minimum atomic E-state index is -1.59. The highest BCUT2D eigenvalue weighted by Gasteiger charge is 2.44. The zero-order valence-corrected chi connectivity index (χ0v) is 42.6. The average Bonchev–Trinajstić information content (AvgIpc) is 3.32. The van der Waals surface area contributed by atoms with E-state index in [1.54, 1.807) is 6.08 Å². The van der Waals surface area contributed by atoms with Gasteiger partial charge < -0.3 is 45.1 Å². The van der Waals surface area contributed by atoms with Gasteiger partial charge >= 0.3 is 5.97 Å². The van der Waals surface area contributed by atoms with Gasteiger partial charge in [0.25, 0.3) is 0 Å². The predicted molar refractivity (Wildman–Crippen MR) is 274 cm³/mol. The lowest BCUT2D eigenvalue weighted by Gasteiger charge is -2.40. The number of allylic oxidation sites excluding steroid dienone is 7. The summed E-state index contributed by atoms with van der Waals surface area (Å²) in [6.07, 6.45) is 46.2. The van der Waals surface area contributed by atoms with E-state index in [1.165, 1.54) is 128 Å². The minimum Gasteiger partial charge on any atom is -0.466 e. The molecule has 390 valence electrons. The van der Waals surface area contributed by atoms with E-state index in [9.17, 15) is 35.1 Å². The van der Waals surface area contributed by atoms with Gasteiger partial charge in [0, 0.05) is 12.8 Å². The zero-order chi connectivity index (χ0) is 48.8. The molecule has 1 fully saturated rings. The summed E-state index contributed by atoms with van der Waals surface area (Å²) in [6.45, 7) is 4.20. The molecule has 1 saturated heterocycles. The quantitative estimate of drug-likeness (QED) is 0.0196. The highest BCUT2D eigenvalue weighted by molar-refractivity contribution is 5.76. The minimum absolute atomic E-state index is 0.0510. The van der Waals surface area contributed by atoms with Crippen molar-refractivity contribution in [2.24, 2.45) is 0 Å². The second kappa shape index (κ2) is 46.0. The smallest absolute Gasteiger partial charge is 0.305 e. The number of unbranched alkanes of at least 4 members (excludes halogenated alkanes) is 26. The number of hydrogen-bond donors (Lipinski definition) is 6. The third kappa shape index (κ3) is 36.3. The molecule has 0 aliphatic carbocycles. The molecule has 11 nitrogen and oxygen atoms in total. The van der Waals surface area contributed by atoms with E-state index in [4.69, 9.17) is 14.2 Å². The first kappa shape index (κ1) is 62.6. The van der Waals surface area contributed by atoms with Gasteiger partial charge in [0.15, 0.2) is 6.29 Å². The number of carbonyl (C=O) groups is 2. The third-order valence-corrected chi connectivity index (χ3v) is 12.7. The van der Waals surface area contributed by atoms with Crippen LogP contribution in [0.3, 0.4) is 0 Å². The molecule has 11 heteroatoms. The van der Waals surface area contributed by atoms with Crippen LogP contribution in [-0.2, 0) is 23.8 Å². The van der Waals surface area contributed by atoms with Crippen LogP contribution in [0, 0.1) is 0 Å². The summed E-state index contributed by atoms with van der Waals surface area (Å²) >= 11 is 0. The van der Waals surface area contributed by atoms with Crippen molar-refractivity contribution < 1.29 is 49.3 Å². The summed E-state index contributed by atoms with van der Waals surface area (Å²) in [6, 6.07) is -0.855. The van der Waals surface area contributed by atoms with E-state index in [-0.39, 0.29) is 24.9 Å². The summed E-state index contributed by atoms with van der Waals surface area (Å²) < 4.78 is 16.6. The van der Waals surface area contributed by atoms with Gasteiger partial charge in [-0.1, -0.05) is 197 Å². The number of ether oxygens (including phenoxy) is 3. The van der Waals surface area contributed by atoms with E-state index in [0.29, 0.717) is 19.4 Å². The number of rotatable bonds is 46. The number of nitrogens with one attached hydrogen (secondary N) is 1. The van der Waals surface area contributed by atoms with Crippen LogP contribution in [-0.4, -0.2) is 100 Å². The first-order chi connectivity index (χ1) is 32.7. The molecule has 1 aliphatic rings. The fraction of sp³-hybridized carbons (Fsp3) is 0.821. The van der Waals surface area contributed by atoms with Gasteiger partial charge in [-0.3, -0.25) is 9.59 Å². The Hall–Kier alpha value is -2.38. The van der Waals surface area contributed by atoms with Crippen molar-refractivity contribution in [1.82, 2.24) is 5.32 Å². The number of esters is 1. The number of amides is 1. The summed E-state index contributed by atoms with van der Waals surface area (Å²) in [7, 11) is 0. The van der Waals surface area contributed by atoms with E-state index >= 15 is 0 Å². The summed E-state index contributed by atoms with van der Waals surface area (Å²) in [5, 5.41) is 54.3. The number of carbonyl (C=O) groups excluding carboxylic acids is 2. The zero-order valence-electron chi connectivity index (χ0n) is 42.6. The molecule has 1 aliphatic heterocycles. The van der Waals surface area contributed by atoms with Crippen LogP contribution < -0.4 is 5.32 Å². The maximum absolute atomic E-state index is 13.0. The molecule has 67 heavy (non-hydrogen) atoms. The molecule has 0 radical (unpaired) electrons. The SMILES string of the molecule is CCCC/C=C\CCCCCCCC(=O)OCCCCCCCC/C=C\C/C=C\CCC(=O)NC(COC1OC(CO)C(O)C(O)C1O)C(O)/C=C/CCCCCCCCCCCCCCC. The van der Waals surface area contributed by atoms with Crippen LogP contribution in [0.15, 0.2) is 48.6 Å². The Bertz CT molecular complexity index is 1250.